The molecule has 2 atom stereocenters. The molecule has 0 N–H and O–H groups in total. The number of aryl methyl sites for hydroxylation is 1. The molecule has 0 spiro atoms. The zero-order chi connectivity index (χ0) is 27.3. The van der Waals surface area contributed by atoms with E-state index in [1.807, 2.05) is 25.9 Å². The molecule has 1 aliphatic heterocycles. The Kier molecular flexibility index (Phi) is 9.32. The highest BCUT2D eigenvalue weighted by molar-refractivity contribution is 6.44. The van der Waals surface area contributed by atoms with Crippen molar-refractivity contribution in [1.82, 2.24) is 9.80 Å². The van der Waals surface area contributed by atoms with Crippen LogP contribution in [0.5, 0.6) is 17.2 Å². The summed E-state index contributed by atoms with van der Waals surface area (Å²) in [5, 5.41) is 0. The van der Waals surface area contributed by atoms with Crippen molar-refractivity contribution in [1.29, 1.82) is 0 Å². The molecule has 1 saturated heterocycles. The lowest BCUT2D eigenvalue weighted by atomic mass is 9.85. The zero-order valence-electron chi connectivity index (χ0n) is 22.9. The Bertz CT molecular complexity index is 1140. The summed E-state index contributed by atoms with van der Waals surface area (Å²) in [4.78, 5) is 44.0. The van der Waals surface area contributed by atoms with Gasteiger partial charge in [0.05, 0.1) is 26.9 Å². The lowest BCUT2D eigenvalue weighted by molar-refractivity contribution is -0.140. The molecule has 200 valence electrons. The van der Waals surface area contributed by atoms with E-state index in [1.165, 1.54) is 19.1 Å². The van der Waals surface area contributed by atoms with E-state index in [0.29, 0.717) is 53.9 Å². The van der Waals surface area contributed by atoms with Crippen molar-refractivity contribution >= 4 is 17.5 Å². The Morgan fingerprint density at radius 1 is 1.05 bits per heavy atom. The van der Waals surface area contributed by atoms with Crippen molar-refractivity contribution in [3.8, 4) is 17.2 Å². The number of likely N-dealkylation sites (tertiary alicyclic amines) is 1. The Labute approximate surface area is 219 Å². The predicted octanol–water partition coefficient (Wildman–Crippen LogP) is 3.95. The van der Waals surface area contributed by atoms with Crippen LogP contribution in [0.3, 0.4) is 0 Å². The van der Waals surface area contributed by atoms with Gasteiger partial charge in [0.2, 0.25) is 5.78 Å². The minimum Gasteiger partial charge on any atom is -0.493 e. The van der Waals surface area contributed by atoms with Gasteiger partial charge in [-0.25, -0.2) is 0 Å². The molecule has 3 rings (SSSR count). The number of ether oxygens (including phenoxy) is 3. The van der Waals surface area contributed by atoms with E-state index in [-0.39, 0.29) is 0 Å². The molecule has 8 nitrogen and oxygen atoms in total. The fraction of sp³-hybridized carbons (Fsp3) is 0.483. The average molecular weight is 511 g/mol. The highest BCUT2D eigenvalue weighted by atomic mass is 16.5. The summed E-state index contributed by atoms with van der Waals surface area (Å²) >= 11 is 0. The van der Waals surface area contributed by atoms with E-state index in [9.17, 15) is 14.4 Å². The molecule has 2 aromatic carbocycles. The smallest absolute Gasteiger partial charge is 0.291 e. The number of ketones is 2. The van der Waals surface area contributed by atoms with Gasteiger partial charge in [0, 0.05) is 17.7 Å². The number of carbonyl (C=O) groups excluding carboxylic acids is 3. The van der Waals surface area contributed by atoms with Crippen LogP contribution in [-0.2, 0) is 9.59 Å². The third-order valence-corrected chi connectivity index (χ3v) is 6.48. The predicted molar refractivity (Wildman–Crippen MR) is 142 cm³/mol. The first-order valence-electron chi connectivity index (χ1n) is 12.6. The van der Waals surface area contributed by atoms with E-state index in [2.05, 4.69) is 13.8 Å². The Morgan fingerprint density at radius 2 is 1.78 bits per heavy atom. The molecule has 1 aliphatic rings. The number of nitrogens with zero attached hydrogens (tertiary/aromatic N) is 2. The van der Waals surface area contributed by atoms with Crippen molar-refractivity contribution in [2.75, 3.05) is 48.0 Å². The molecule has 0 saturated carbocycles. The number of carbonyl (C=O) groups is 3. The zero-order valence-corrected chi connectivity index (χ0v) is 22.9. The van der Waals surface area contributed by atoms with Gasteiger partial charge in [-0.15, -0.1) is 0 Å². The minimum atomic E-state index is -1.20. The van der Waals surface area contributed by atoms with Crippen molar-refractivity contribution in [2.45, 2.75) is 33.2 Å². The minimum absolute atomic E-state index is 0.332. The Hall–Kier alpha value is -3.39. The van der Waals surface area contributed by atoms with Gasteiger partial charge in [0.15, 0.2) is 17.3 Å². The number of Topliss-reactive ketones (excluding diaryl/α,β-unsaturated/α-hetero) is 2. The summed E-state index contributed by atoms with van der Waals surface area (Å²) in [7, 11) is 6.92. The van der Waals surface area contributed by atoms with Gasteiger partial charge in [-0.05, 0) is 69.7 Å². The molecule has 0 aromatic heterocycles. The first-order chi connectivity index (χ1) is 17.6. The molecule has 1 amide bonds. The third kappa shape index (κ3) is 6.13. The third-order valence-electron chi connectivity index (χ3n) is 6.48. The van der Waals surface area contributed by atoms with E-state index in [4.69, 9.17) is 14.2 Å². The van der Waals surface area contributed by atoms with Gasteiger partial charge in [0.25, 0.3) is 5.91 Å². The molecule has 2 aromatic rings. The lowest BCUT2D eigenvalue weighted by Gasteiger charge is -2.29. The van der Waals surface area contributed by atoms with E-state index < -0.39 is 29.4 Å². The monoisotopic (exact) mass is 510 g/mol. The molecule has 37 heavy (non-hydrogen) atoms. The second-order valence-electron chi connectivity index (χ2n) is 10.1. The maximum Gasteiger partial charge on any atom is 0.291 e. The van der Waals surface area contributed by atoms with E-state index >= 15 is 0 Å². The highest BCUT2D eigenvalue weighted by Crippen LogP contribution is 2.45. The molecule has 0 bridgehead atoms. The van der Waals surface area contributed by atoms with Gasteiger partial charge in [0.1, 0.15) is 11.7 Å². The summed E-state index contributed by atoms with van der Waals surface area (Å²) < 4.78 is 17.0. The maximum absolute atomic E-state index is 13.9. The summed E-state index contributed by atoms with van der Waals surface area (Å²) in [5.41, 5.74) is 1.72. The Morgan fingerprint density at radius 3 is 2.38 bits per heavy atom. The number of hydrogen-bond donors (Lipinski definition) is 0. The van der Waals surface area contributed by atoms with Crippen LogP contribution in [0.15, 0.2) is 36.4 Å². The molecule has 0 radical (unpaired) electrons. The van der Waals surface area contributed by atoms with Crippen LogP contribution >= 0.6 is 0 Å². The normalized spacial score (nSPS) is 17.6. The molecule has 2 unspecified atom stereocenters. The van der Waals surface area contributed by atoms with Gasteiger partial charge < -0.3 is 24.0 Å². The quantitative estimate of drug-likeness (QED) is 0.243. The van der Waals surface area contributed by atoms with Gasteiger partial charge in [-0.1, -0.05) is 26.0 Å². The fourth-order valence-electron chi connectivity index (χ4n) is 4.68. The largest absolute Gasteiger partial charge is 0.493 e. The molecule has 8 heteroatoms. The van der Waals surface area contributed by atoms with Gasteiger partial charge in [-0.3, -0.25) is 14.4 Å². The first-order valence-corrected chi connectivity index (χ1v) is 12.6. The van der Waals surface area contributed by atoms with Crippen molar-refractivity contribution < 1.29 is 28.6 Å². The van der Waals surface area contributed by atoms with Crippen LogP contribution < -0.4 is 14.2 Å². The summed E-state index contributed by atoms with van der Waals surface area (Å²) in [6, 6.07) is 9.63. The van der Waals surface area contributed by atoms with Crippen molar-refractivity contribution in [2.24, 2.45) is 11.8 Å². The molecule has 0 aliphatic carbocycles. The standard InChI is InChI=1S/C29H38N2O6/c1-18(2)17-37-22-13-12-20(16-19(22)3)26(32)24-25(21-10-8-11-23(35-6)28(21)36-7)31(29(34)27(24)33)15-9-14-30(4)5/h8,10-13,16,18,24-25H,9,14-15,17H2,1-7H3. The summed E-state index contributed by atoms with van der Waals surface area (Å²) in [6.45, 7) is 7.61. The molecule has 1 heterocycles. The second kappa shape index (κ2) is 12.2. The second-order valence-corrected chi connectivity index (χ2v) is 10.1. The molecular weight excluding hydrogens is 472 g/mol. The fourth-order valence-corrected chi connectivity index (χ4v) is 4.68. The number of methoxy groups -OCH3 is 2. The number of amides is 1. The van der Waals surface area contributed by atoms with Crippen molar-refractivity contribution in [3.63, 3.8) is 0 Å². The van der Waals surface area contributed by atoms with Crippen LogP contribution in [0, 0.1) is 18.8 Å². The van der Waals surface area contributed by atoms with E-state index in [0.717, 1.165) is 12.1 Å². The van der Waals surface area contributed by atoms with Gasteiger partial charge in [-0.2, -0.15) is 0 Å². The van der Waals surface area contributed by atoms with Crippen LogP contribution in [0.1, 0.15) is 47.8 Å². The SMILES string of the molecule is COc1cccc(C2C(C(=O)c3ccc(OCC(C)C)c(C)c3)C(=O)C(=O)N2CCCN(C)C)c1OC. The molecule has 1 fully saturated rings. The van der Waals surface area contributed by atoms with Crippen LogP contribution in [0.4, 0.5) is 0 Å². The summed E-state index contributed by atoms with van der Waals surface area (Å²) in [6.07, 6.45) is 0.650. The number of rotatable bonds is 12. The van der Waals surface area contributed by atoms with Crippen LogP contribution in [0.2, 0.25) is 0 Å². The average Bonchev–Trinajstić information content (AvgIpc) is 3.11. The van der Waals surface area contributed by atoms with Crippen LogP contribution in [-0.4, -0.2) is 75.3 Å². The first kappa shape index (κ1) is 28.2. The number of benzene rings is 2. The topological polar surface area (TPSA) is 85.4 Å². The number of para-hydroxylation sites is 1. The lowest BCUT2D eigenvalue weighted by Crippen LogP contribution is -2.33. The Balaban J connectivity index is 2.05. The maximum atomic E-state index is 13.9. The van der Waals surface area contributed by atoms with E-state index in [1.54, 1.807) is 36.4 Å². The van der Waals surface area contributed by atoms with Gasteiger partial charge >= 0.3 is 0 Å². The molecular formula is C29H38N2O6. The van der Waals surface area contributed by atoms with Crippen LogP contribution in [0.25, 0.3) is 0 Å². The highest BCUT2D eigenvalue weighted by Gasteiger charge is 2.52. The number of hydrogen-bond acceptors (Lipinski definition) is 7. The summed E-state index contributed by atoms with van der Waals surface area (Å²) in [5.74, 6) is -1.04. The van der Waals surface area contributed by atoms with Crippen molar-refractivity contribution in [3.05, 3.63) is 53.1 Å².